The molecule has 0 spiro atoms. The molecule has 0 saturated carbocycles. The second-order valence-corrected chi connectivity index (χ2v) is 7.71. The molecular weight excluding hydrogens is 387 g/mol. The maximum atomic E-state index is 13.9. The van der Waals surface area contributed by atoms with Gasteiger partial charge in [-0.15, -0.1) is 11.3 Å². The van der Waals surface area contributed by atoms with Crippen LogP contribution in [0.3, 0.4) is 0 Å². The number of anilines is 1. The molecule has 1 aromatic carbocycles. The van der Waals surface area contributed by atoms with Crippen molar-refractivity contribution in [2.75, 3.05) is 38.0 Å². The first-order valence-corrected chi connectivity index (χ1v) is 9.97. The molecule has 1 aliphatic rings. The molecule has 1 fully saturated rings. The SMILES string of the molecule is N#Cc1ccsc1NC(=O)CCN1CCN(Cc2c(F)cccc2Cl)CC1. The number of piperazine rings is 1. The van der Waals surface area contributed by atoms with Gasteiger partial charge in [-0.05, 0) is 23.6 Å². The number of amides is 1. The molecule has 8 heteroatoms. The third-order valence-corrected chi connectivity index (χ3v) is 5.79. The van der Waals surface area contributed by atoms with E-state index in [2.05, 4.69) is 21.2 Å². The van der Waals surface area contributed by atoms with Crippen LogP contribution < -0.4 is 5.32 Å². The Kier molecular flexibility index (Phi) is 6.80. The van der Waals surface area contributed by atoms with Crippen LogP contribution in [0.4, 0.5) is 9.39 Å². The summed E-state index contributed by atoms with van der Waals surface area (Å²) in [6.07, 6.45) is 0.377. The van der Waals surface area contributed by atoms with Crippen LogP contribution in [0.15, 0.2) is 29.6 Å². The molecule has 0 unspecified atom stereocenters. The fraction of sp³-hybridized carbons (Fsp3) is 0.368. The first kappa shape index (κ1) is 19.8. The highest BCUT2D eigenvalue weighted by Gasteiger charge is 2.20. The number of carbonyl (C=O) groups excluding carboxylic acids is 1. The van der Waals surface area contributed by atoms with Crippen molar-refractivity contribution in [3.63, 3.8) is 0 Å². The maximum Gasteiger partial charge on any atom is 0.226 e. The van der Waals surface area contributed by atoms with Crippen LogP contribution >= 0.6 is 22.9 Å². The molecule has 27 heavy (non-hydrogen) atoms. The Bertz CT molecular complexity index is 822. The molecule has 2 heterocycles. The Morgan fingerprint density at radius 2 is 2.00 bits per heavy atom. The number of benzene rings is 1. The van der Waals surface area contributed by atoms with Gasteiger partial charge in [0.25, 0.3) is 0 Å². The number of nitriles is 1. The lowest BCUT2D eigenvalue weighted by atomic mass is 10.1. The van der Waals surface area contributed by atoms with Crippen molar-refractivity contribution in [2.24, 2.45) is 0 Å². The van der Waals surface area contributed by atoms with E-state index in [4.69, 9.17) is 16.9 Å². The van der Waals surface area contributed by atoms with E-state index in [1.165, 1.54) is 17.4 Å². The van der Waals surface area contributed by atoms with Gasteiger partial charge in [-0.2, -0.15) is 5.26 Å². The summed E-state index contributed by atoms with van der Waals surface area (Å²) < 4.78 is 13.9. The topological polar surface area (TPSA) is 59.4 Å². The van der Waals surface area contributed by atoms with Crippen LogP contribution in [0, 0.1) is 17.1 Å². The highest BCUT2D eigenvalue weighted by atomic mass is 35.5. The zero-order chi connectivity index (χ0) is 19.2. The third-order valence-electron chi connectivity index (χ3n) is 4.60. The van der Waals surface area contributed by atoms with E-state index < -0.39 is 0 Å². The lowest BCUT2D eigenvalue weighted by Crippen LogP contribution is -2.46. The summed E-state index contributed by atoms with van der Waals surface area (Å²) in [5.41, 5.74) is 1.03. The molecule has 0 atom stereocenters. The van der Waals surface area contributed by atoms with E-state index >= 15 is 0 Å². The summed E-state index contributed by atoms with van der Waals surface area (Å²) in [4.78, 5) is 16.5. The fourth-order valence-electron chi connectivity index (χ4n) is 3.02. The highest BCUT2D eigenvalue weighted by Crippen LogP contribution is 2.23. The Balaban J connectivity index is 1.42. The van der Waals surface area contributed by atoms with E-state index in [9.17, 15) is 9.18 Å². The number of rotatable bonds is 6. The van der Waals surface area contributed by atoms with Crippen molar-refractivity contribution in [1.29, 1.82) is 5.26 Å². The van der Waals surface area contributed by atoms with Crippen LogP contribution in [-0.2, 0) is 11.3 Å². The predicted octanol–water partition coefficient (Wildman–Crippen LogP) is 3.56. The standard InChI is InChI=1S/C19H20ClFN4OS/c20-16-2-1-3-17(21)15(16)13-25-9-7-24(8-10-25)6-4-18(26)23-19-14(12-22)5-11-27-19/h1-3,5,11H,4,6-10,13H2,(H,23,26). The minimum absolute atomic E-state index is 0.0884. The van der Waals surface area contributed by atoms with E-state index in [1.807, 2.05) is 0 Å². The number of nitrogens with one attached hydrogen (secondary N) is 1. The van der Waals surface area contributed by atoms with Crippen LogP contribution in [0.5, 0.6) is 0 Å². The normalized spacial score (nSPS) is 15.4. The van der Waals surface area contributed by atoms with Gasteiger partial charge in [0.2, 0.25) is 5.91 Å². The largest absolute Gasteiger partial charge is 0.317 e. The minimum atomic E-state index is -0.271. The Morgan fingerprint density at radius 1 is 1.26 bits per heavy atom. The van der Waals surface area contributed by atoms with E-state index in [0.717, 1.165) is 26.2 Å². The van der Waals surface area contributed by atoms with Gasteiger partial charge in [-0.3, -0.25) is 9.69 Å². The minimum Gasteiger partial charge on any atom is -0.317 e. The molecule has 0 radical (unpaired) electrons. The molecule has 0 aliphatic carbocycles. The van der Waals surface area contributed by atoms with Gasteiger partial charge in [0.05, 0.1) is 5.56 Å². The fourth-order valence-corrected chi connectivity index (χ4v) is 4.00. The Labute approximate surface area is 166 Å². The zero-order valence-corrected chi connectivity index (χ0v) is 16.3. The number of nitrogens with zero attached hydrogens (tertiary/aromatic N) is 3. The summed E-state index contributed by atoms with van der Waals surface area (Å²) >= 11 is 7.45. The Morgan fingerprint density at radius 3 is 2.70 bits per heavy atom. The van der Waals surface area contributed by atoms with Gasteiger partial charge in [0, 0.05) is 56.3 Å². The van der Waals surface area contributed by atoms with Crippen molar-refractivity contribution in [2.45, 2.75) is 13.0 Å². The average molecular weight is 407 g/mol. The Hall–Kier alpha value is -1.98. The molecule has 142 valence electrons. The van der Waals surface area contributed by atoms with E-state index in [-0.39, 0.29) is 11.7 Å². The first-order valence-electron chi connectivity index (χ1n) is 8.72. The van der Waals surface area contributed by atoms with Gasteiger partial charge in [0.1, 0.15) is 16.9 Å². The van der Waals surface area contributed by atoms with Gasteiger partial charge >= 0.3 is 0 Å². The van der Waals surface area contributed by atoms with Gasteiger partial charge in [-0.1, -0.05) is 17.7 Å². The molecule has 1 aromatic heterocycles. The second-order valence-electron chi connectivity index (χ2n) is 6.39. The lowest BCUT2D eigenvalue weighted by Gasteiger charge is -2.34. The first-order chi connectivity index (χ1) is 13.1. The quantitative estimate of drug-likeness (QED) is 0.796. The maximum absolute atomic E-state index is 13.9. The summed E-state index contributed by atoms with van der Waals surface area (Å²) in [5.74, 6) is -0.360. The second kappa shape index (κ2) is 9.29. The van der Waals surface area contributed by atoms with Crippen molar-refractivity contribution in [1.82, 2.24) is 9.80 Å². The molecule has 1 saturated heterocycles. The number of hydrogen-bond donors (Lipinski definition) is 1. The van der Waals surface area contributed by atoms with E-state index in [1.54, 1.807) is 23.6 Å². The van der Waals surface area contributed by atoms with Gasteiger partial charge in [-0.25, -0.2) is 4.39 Å². The van der Waals surface area contributed by atoms with Crippen LogP contribution in [-0.4, -0.2) is 48.4 Å². The molecule has 1 aliphatic heterocycles. The number of thiophene rings is 1. The molecule has 3 rings (SSSR count). The molecule has 1 amide bonds. The summed E-state index contributed by atoms with van der Waals surface area (Å²) in [5, 5.41) is 14.6. The van der Waals surface area contributed by atoms with Gasteiger partial charge in [0.15, 0.2) is 0 Å². The smallest absolute Gasteiger partial charge is 0.226 e. The summed E-state index contributed by atoms with van der Waals surface area (Å²) in [7, 11) is 0. The van der Waals surface area contributed by atoms with E-state index in [0.29, 0.717) is 40.7 Å². The highest BCUT2D eigenvalue weighted by molar-refractivity contribution is 7.14. The average Bonchev–Trinajstić information content (AvgIpc) is 3.11. The van der Waals surface area contributed by atoms with Crippen molar-refractivity contribution >= 4 is 33.8 Å². The molecule has 2 aromatic rings. The lowest BCUT2D eigenvalue weighted by molar-refractivity contribution is -0.116. The molecule has 0 bridgehead atoms. The predicted molar refractivity (Wildman–Crippen MR) is 105 cm³/mol. The summed E-state index contributed by atoms with van der Waals surface area (Å²) in [6.45, 7) is 4.40. The van der Waals surface area contributed by atoms with Gasteiger partial charge < -0.3 is 10.2 Å². The summed E-state index contributed by atoms with van der Waals surface area (Å²) in [6, 6.07) is 8.51. The van der Waals surface area contributed by atoms with Crippen LogP contribution in [0.1, 0.15) is 17.5 Å². The van der Waals surface area contributed by atoms with Crippen LogP contribution in [0.25, 0.3) is 0 Å². The molecule has 5 nitrogen and oxygen atoms in total. The number of halogens is 2. The monoisotopic (exact) mass is 406 g/mol. The number of carbonyl (C=O) groups is 1. The van der Waals surface area contributed by atoms with Crippen molar-refractivity contribution < 1.29 is 9.18 Å². The number of hydrogen-bond acceptors (Lipinski definition) is 5. The zero-order valence-electron chi connectivity index (χ0n) is 14.8. The molecular formula is C19H20ClFN4OS. The van der Waals surface area contributed by atoms with Crippen LogP contribution in [0.2, 0.25) is 5.02 Å². The molecule has 1 N–H and O–H groups in total. The van der Waals surface area contributed by atoms with Crippen molar-refractivity contribution in [3.8, 4) is 6.07 Å². The third kappa shape index (κ3) is 5.27. The van der Waals surface area contributed by atoms with Crippen molar-refractivity contribution in [3.05, 3.63) is 51.6 Å².